The Hall–Kier alpha value is -1.88. The van der Waals surface area contributed by atoms with E-state index in [2.05, 4.69) is 31.5 Å². The monoisotopic (exact) mass is 333 g/mol. The van der Waals surface area contributed by atoms with Gasteiger partial charge in [-0.1, -0.05) is 0 Å². The molecule has 1 amide bonds. The number of amides is 1. The van der Waals surface area contributed by atoms with Crippen molar-refractivity contribution in [3.8, 4) is 0 Å². The number of halogens is 1. The van der Waals surface area contributed by atoms with E-state index in [0.29, 0.717) is 11.4 Å². The van der Waals surface area contributed by atoms with Crippen molar-refractivity contribution in [2.75, 3.05) is 17.2 Å². The first kappa shape index (κ1) is 14.5. The summed E-state index contributed by atoms with van der Waals surface area (Å²) < 4.78 is 0.760. The van der Waals surface area contributed by atoms with Crippen molar-refractivity contribution in [2.24, 2.45) is 0 Å². The lowest BCUT2D eigenvalue weighted by Crippen LogP contribution is -2.15. The fourth-order valence-corrected chi connectivity index (χ4v) is 2.24. The van der Waals surface area contributed by atoms with Crippen molar-refractivity contribution < 1.29 is 4.79 Å². The second kappa shape index (κ2) is 6.52. The average Bonchev–Trinajstić information content (AvgIpc) is 2.42. The summed E-state index contributed by atoms with van der Waals surface area (Å²) in [6.07, 6.45) is 1.64. The van der Waals surface area contributed by atoms with Gasteiger partial charge >= 0.3 is 0 Å². The highest BCUT2D eigenvalue weighted by atomic mass is 79.9. The van der Waals surface area contributed by atoms with Gasteiger partial charge in [0.2, 0.25) is 0 Å². The molecule has 1 aromatic carbocycles. The van der Waals surface area contributed by atoms with E-state index in [-0.39, 0.29) is 5.91 Å². The molecule has 0 saturated carbocycles. The van der Waals surface area contributed by atoms with E-state index >= 15 is 0 Å². The van der Waals surface area contributed by atoms with Gasteiger partial charge in [0.05, 0.1) is 4.47 Å². The number of pyridine rings is 1. The predicted octanol–water partition coefficient (Wildman–Crippen LogP) is 3.84. The topological polar surface area (TPSA) is 54.0 Å². The third-order valence-electron chi connectivity index (χ3n) is 2.84. The van der Waals surface area contributed by atoms with Crippen LogP contribution in [0, 0.1) is 6.92 Å². The highest BCUT2D eigenvalue weighted by Crippen LogP contribution is 2.21. The number of carbonyl (C=O) groups is 1. The highest BCUT2D eigenvalue weighted by molar-refractivity contribution is 9.10. The number of anilines is 2. The largest absolute Gasteiger partial charge is 0.385 e. The number of aromatic nitrogens is 1. The second-order valence-electron chi connectivity index (χ2n) is 4.35. The first-order valence-corrected chi connectivity index (χ1v) is 7.17. The zero-order valence-electron chi connectivity index (χ0n) is 11.4. The molecule has 0 spiro atoms. The van der Waals surface area contributed by atoms with Gasteiger partial charge in [-0.15, -0.1) is 0 Å². The van der Waals surface area contributed by atoms with Crippen molar-refractivity contribution >= 4 is 33.3 Å². The number of aryl methyl sites for hydroxylation is 1. The Morgan fingerprint density at radius 3 is 2.80 bits per heavy atom. The zero-order valence-corrected chi connectivity index (χ0v) is 13.0. The third kappa shape index (κ3) is 3.36. The molecule has 0 fully saturated rings. The maximum Gasteiger partial charge on any atom is 0.257 e. The first-order chi connectivity index (χ1) is 9.61. The van der Waals surface area contributed by atoms with E-state index in [0.717, 1.165) is 22.3 Å². The second-order valence-corrected chi connectivity index (χ2v) is 5.20. The molecular weight excluding hydrogens is 318 g/mol. The lowest BCUT2D eigenvalue weighted by atomic mass is 10.1. The smallest absolute Gasteiger partial charge is 0.257 e. The van der Waals surface area contributed by atoms with Crippen LogP contribution in [0.2, 0.25) is 0 Å². The molecule has 0 bridgehead atoms. The normalized spacial score (nSPS) is 10.2. The summed E-state index contributed by atoms with van der Waals surface area (Å²) in [7, 11) is 0. The van der Waals surface area contributed by atoms with Gasteiger partial charge in [-0.2, -0.15) is 0 Å². The predicted molar refractivity (Wildman–Crippen MR) is 85.2 cm³/mol. The van der Waals surface area contributed by atoms with Gasteiger partial charge in [0.25, 0.3) is 5.91 Å². The van der Waals surface area contributed by atoms with Crippen molar-refractivity contribution in [3.63, 3.8) is 0 Å². The molecule has 1 aromatic heterocycles. The summed E-state index contributed by atoms with van der Waals surface area (Å²) in [5, 5.41) is 6.02. The molecule has 0 aliphatic rings. The summed E-state index contributed by atoms with van der Waals surface area (Å²) in [6, 6.07) is 9.32. The lowest BCUT2D eigenvalue weighted by molar-refractivity contribution is 0.102. The van der Waals surface area contributed by atoms with Crippen LogP contribution in [0.15, 0.2) is 41.0 Å². The van der Waals surface area contributed by atoms with E-state index in [1.54, 1.807) is 12.3 Å². The van der Waals surface area contributed by atoms with Crippen molar-refractivity contribution in [1.29, 1.82) is 0 Å². The van der Waals surface area contributed by atoms with E-state index in [1.807, 2.05) is 38.1 Å². The fourth-order valence-electron chi connectivity index (χ4n) is 1.89. The van der Waals surface area contributed by atoms with Gasteiger partial charge in [0.15, 0.2) is 0 Å². The Balaban J connectivity index is 2.19. The number of hydrogen-bond donors (Lipinski definition) is 2. The minimum Gasteiger partial charge on any atom is -0.385 e. The van der Waals surface area contributed by atoms with Crippen LogP contribution in [-0.2, 0) is 0 Å². The molecule has 5 heteroatoms. The van der Waals surface area contributed by atoms with Gasteiger partial charge in [-0.25, -0.2) is 4.98 Å². The third-order valence-corrected chi connectivity index (χ3v) is 3.48. The van der Waals surface area contributed by atoms with Gasteiger partial charge in [-0.05, 0) is 65.7 Å². The van der Waals surface area contributed by atoms with Crippen molar-refractivity contribution in [3.05, 3.63) is 52.1 Å². The van der Waals surface area contributed by atoms with Crippen LogP contribution in [0.25, 0.3) is 0 Å². The molecule has 0 radical (unpaired) electrons. The quantitative estimate of drug-likeness (QED) is 0.893. The summed E-state index contributed by atoms with van der Waals surface area (Å²) in [5.41, 5.74) is 2.58. The minimum absolute atomic E-state index is 0.162. The standard InChI is InChI=1S/C15H16BrN3O/c1-3-17-11-6-7-12(10(2)9-11)15(20)19-14-13(16)5-4-8-18-14/h4-9,17H,3H2,1-2H3,(H,18,19,20). The summed E-state index contributed by atoms with van der Waals surface area (Å²) in [6.45, 7) is 4.81. The van der Waals surface area contributed by atoms with Crippen LogP contribution < -0.4 is 10.6 Å². The van der Waals surface area contributed by atoms with Gasteiger partial charge < -0.3 is 10.6 Å². The first-order valence-electron chi connectivity index (χ1n) is 6.38. The van der Waals surface area contributed by atoms with Crippen molar-refractivity contribution in [2.45, 2.75) is 13.8 Å². The van der Waals surface area contributed by atoms with Gasteiger partial charge in [-0.3, -0.25) is 4.79 Å². The number of nitrogens with one attached hydrogen (secondary N) is 2. The van der Waals surface area contributed by atoms with Gasteiger partial charge in [0.1, 0.15) is 5.82 Å². The van der Waals surface area contributed by atoms with Crippen LogP contribution in [0.5, 0.6) is 0 Å². The lowest BCUT2D eigenvalue weighted by Gasteiger charge is -2.10. The number of benzene rings is 1. The maximum atomic E-state index is 12.3. The Bertz CT molecular complexity index is 628. The number of hydrogen-bond acceptors (Lipinski definition) is 3. The molecule has 0 unspecified atom stereocenters. The molecule has 0 aliphatic carbocycles. The molecule has 2 N–H and O–H groups in total. The van der Waals surface area contributed by atoms with Crippen LogP contribution >= 0.6 is 15.9 Å². The van der Waals surface area contributed by atoms with E-state index in [9.17, 15) is 4.79 Å². The Labute approximate surface area is 126 Å². The average molecular weight is 334 g/mol. The summed E-state index contributed by atoms with van der Waals surface area (Å²) in [5.74, 6) is 0.359. The van der Waals surface area contributed by atoms with Crippen LogP contribution in [0.4, 0.5) is 11.5 Å². The van der Waals surface area contributed by atoms with E-state index in [4.69, 9.17) is 0 Å². The number of carbonyl (C=O) groups excluding carboxylic acids is 1. The van der Waals surface area contributed by atoms with E-state index < -0.39 is 0 Å². The minimum atomic E-state index is -0.162. The summed E-state index contributed by atoms with van der Waals surface area (Å²) in [4.78, 5) is 16.4. The van der Waals surface area contributed by atoms with Crippen molar-refractivity contribution in [1.82, 2.24) is 4.98 Å². The van der Waals surface area contributed by atoms with Crippen LogP contribution in [-0.4, -0.2) is 17.4 Å². The van der Waals surface area contributed by atoms with E-state index in [1.165, 1.54) is 0 Å². The molecule has 20 heavy (non-hydrogen) atoms. The molecule has 2 rings (SSSR count). The fraction of sp³-hybridized carbons (Fsp3) is 0.200. The Morgan fingerprint density at radius 2 is 2.15 bits per heavy atom. The molecule has 104 valence electrons. The number of nitrogens with zero attached hydrogens (tertiary/aromatic N) is 1. The molecule has 0 saturated heterocycles. The molecule has 1 heterocycles. The van der Waals surface area contributed by atoms with Crippen LogP contribution in [0.3, 0.4) is 0 Å². The molecule has 2 aromatic rings. The molecule has 0 aliphatic heterocycles. The molecule has 0 atom stereocenters. The highest BCUT2D eigenvalue weighted by Gasteiger charge is 2.11. The van der Waals surface area contributed by atoms with Crippen LogP contribution in [0.1, 0.15) is 22.8 Å². The summed E-state index contributed by atoms with van der Waals surface area (Å²) >= 11 is 3.36. The Morgan fingerprint density at radius 1 is 1.35 bits per heavy atom. The Kier molecular flexibility index (Phi) is 4.74. The van der Waals surface area contributed by atoms with Gasteiger partial charge in [0, 0.05) is 24.0 Å². The molecular formula is C15H16BrN3O. The maximum absolute atomic E-state index is 12.3. The number of rotatable bonds is 4. The zero-order chi connectivity index (χ0) is 14.5. The SMILES string of the molecule is CCNc1ccc(C(=O)Nc2ncccc2Br)c(C)c1. The molecule has 4 nitrogen and oxygen atoms in total.